The number of rotatable bonds is 6. The Morgan fingerprint density at radius 1 is 1.28 bits per heavy atom. The van der Waals surface area contributed by atoms with Crippen molar-refractivity contribution < 1.29 is 9.53 Å². The molecule has 99 valence electrons. The average molecular weight is 248 g/mol. The van der Waals surface area contributed by atoms with E-state index in [-0.39, 0.29) is 17.9 Å². The van der Waals surface area contributed by atoms with Gasteiger partial charge in [-0.25, -0.2) is 0 Å². The van der Waals surface area contributed by atoms with Crippen LogP contribution in [0.2, 0.25) is 0 Å². The molecule has 0 bridgehead atoms. The molecular weight excluding hydrogens is 226 g/mol. The van der Waals surface area contributed by atoms with Gasteiger partial charge in [0, 0.05) is 6.04 Å². The topological polar surface area (TPSA) is 38.3 Å². The molecule has 0 aliphatic carbocycles. The largest absolute Gasteiger partial charge is 0.497 e. The molecule has 1 amide bonds. The number of carbonyl (C=O) groups excluding carboxylic acids is 1. The molecule has 1 radical (unpaired) electrons. The van der Waals surface area contributed by atoms with Crippen molar-refractivity contribution in [3.63, 3.8) is 0 Å². The van der Waals surface area contributed by atoms with Crippen LogP contribution in [0, 0.1) is 12.3 Å². The molecule has 1 aromatic rings. The van der Waals surface area contributed by atoms with E-state index in [9.17, 15) is 4.79 Å². The van der Waals surface area contributed by atoms with Gasteiger partial charge in [0.15, 0.2) is 0 Å². The van der Waals surface area contributed by atoms with Crippen LogP contribution in [0.25, 0.3) is 0 Å². The summed E-state index contributed by atoms with van der Waals surface area (Å²) in [5.74, 6) is 1.13. The Morgan fingerprint density at radius 3 is 2.39 bits per heavy atom. The monoisotopic (exact) mass is 248 g/mol. The minimum Gasteiger partial charge on any atom is -0.497 e. The summed E-state index contributed by atoms with van der Waals surface area (Å²) in [4.78, 5) is 11.6. The Labute approximate surface area is 110 Å². The van der Waals surface area contributed by atoms with Gasteiger partial charge >= 0.3 is 0 Å². The van der Waals surface area contributed by atoms with E-state index in [1.165, 1.54) is 5.56 Å². The zero-order chi connectivity index (χ0) is 13.5. The molecule has 0 spiro atoms. The van der Waals surface area contributed by atoms with Crippen molar-refractivity contribution >= 4 is 5.91 Å². The molecule has 0 aliphatic rings. The van der Waals surface area contributed by atoms with Gasteiger partial charge in [-0.15, -0.1) is 0 Å². The van der Waals surface area contributed by atoms with Crippen molar-refractivity contribution in [3.05, 3.63) is 36.2 Å². The molecule has 0 saturated carbocycles. The number of methoxy groups -OCH3 is 1. The van der Waals surface area contributed by atoms with Gasteiger partial charge in [0.2, 0.25) is 5.91 Å². The van der Waals surface area contributed by atoms with Gasteiger partial charge in [-0.1, -0.05) is 26.0 Å². The fourth-order valence-electron chi connectivity index (χ4n) is 1.76. The Kier molecular flexibility index (Phi) is 5.69. The summed E-state index contributed by atoms with van der Waals surface area (Å²) < 4.78 is 5.11. The number of benzene rings is 1. The lowest BCUT2D eigenvalue weighted by molar-refractivity contribution is -0.118. The third kappa shape index (κ3) is 5.21. The summed E-state index contributed by atoms with van der Waals surface area (Å²) >= 11 is 0. The Morgan fingerprint density at radius 2 is 1.89 bits per heavy atom. The molecular formula is C15H22NO2. The lowest BCUT2D eigenvalue weighted by atomic mass is 10.1. The van der Waals surface area contributed by atoms with E-state index in [4.69, 9.17) is 4.74 Å². The van der Waals surface area contributed by atoms with Crippen LogP contribution < -0.4 is 10.1 Å². The molecule has 0 saturated heterocycles. The van der Waals surface area contributed by atoms with Crippen LogP contribution in [0.1, 0.15) is 26.3 Å². The zero-order valence-corrected chi connectivity index (χ0v) is 11.6. The maximum atomic E-state index is 11.6. The van der Waals surface area contributed by atoms with Crippen LogP contribution in [-0.4, -0.2) is 19.1 Å². The van der Waals surface area contributed by atoms with Crippen molar-refractivity contribution in [1.82, 2.24) is 5.32 Å². The second-order valence-electron chi connectivity index (χ2n) is 4.87. The van der Waals surface area contributed by atoms with Gasteiger partial charge in [0.1, 0.15) is 5.75 Å². The smallest absolute Gasteiger partial charge is 0.224 e. The lowest BCUT2D eigenvalue weighted by Gasteiger charge is -2.15. The molecule has 0 heterocycles. The first kappa shape index (κ1) is 14.6. The van der Waals surface area contributed by atoms with Crippen LogP contribution >= 0.6 is 0 Å². The van der Waals surface area contributed by atoms with Crippen LogP contribution in [0.3, 0.4) is 0 Å². The molecule has 3 heteroatoms. The van der Waals surface area contributed by atoms with Crippen LogP contribution in [0.5, 0.6) is 5.75 Å². The summed E-state index contributed by atoms with van der Waals surface area (Å²) in [5, 5.41) is 2.96. The fraction of sp³-hybridized carbons (Fsp3) is 0.467. The maximum absolute atomic E-state index is 11.6. The van der Waals surface area contributed by atoms with Gasteiger partial charge in [0.05, 0.1) is 13.5 Å². The minimum atomic E-state index is 0.00557. The molecule has 0 aromatic heterocycles. The highest BCUT2D eigenvalue weighted by molar-refractivity contribution is 5.85. The highest BCUT2D eigenvalue weighted by Gasteiger charge is 2.10. The van der Waals surface area contributed by atoms with E-state index in [2.05, 4.69) is 5.32 Å². The molecule has 1 unspecified atom stereocenters. The van der Waals surface area contributed by atoms with Crippen molar-refractivity contribution in [2.45, 2.75) is 33.2 Å². The first-order valence-corrected chi connectivity index (χ1v) is 6.29. The molecule has 1 aromatic carbocycles. The summed E-state index contributed by atoms with van der Waals surface area (Å²) in [7, 11) is 1.65. The second-order valence-corrected chi connectivity index (χ2v) is 4.87. The first-order chi connectivity index (χ1) is 8.51. The maximum Gasteiger partial charge on any atom is 0.224 e. The fourth-order valence-corrected chi connectivity index (χ4v) is 1.76. The number of nitrogens with one attached hydrogen (secondary N) is 1. The SMILES string of the molecule is COc1ccc(CC(C)NC(=O)[CH]C(C)C)cc1. The normalized spacial score (nSPS) is 12.3. The minimum absolute atomic E-state index is 0.00557. The molecule has 1 atom stereocenters. The molecule has 0 aliphatic heterocycles. The van der Waals surface area contributed by atoms with Gasteiger partial charge < -0.3 is 10.1 Å². The van der Waals surface area contributed by atoms with Gasteiger partial charge in [0.25, 0.3) is 0 Å². The van der Waals surface area contributed by atoms with Gasteiger partial charge in [-0.2, -0.15) is 0 Å². The quantitative estimate of drug-likeness (QED) is 0.840. The number of carbonyl (C=O) groups is 1. The molecule has 18 heavy (non-hydrogen) atoms. The zero-order valence-electron chi connectivity index (χ0n) is 11.6. The highest BCUT2D eigenvalue weighted by atomic mass is 16.5. The van der Waals surface area contributed by atoms with Crippen molar-refractivity contribution in [3.8, 4) is 5.75 Å². The number of ether oxygens (including phenoxy) is 1. The highest BCUT2D eigenvalue weighted by Crippen LogP contribution is 2.12. The molecule has 0 fully saturated rings. The molecule has 1 rings (SSSR count). The van der Waals surface area contributed by atoms with Crippen molar-refractivity contribution in [2.24, 2.45) is 5.92 Å². The van der Waals surface area contributed by atoms with Crippen LogP contribution in [-0.2, 0) is 11.2 Å². The summed E-state index contributed by atoms with van der Waals surface area (Å²) in [6, 6.07) is 8.04. The Balaban J connectivity index is 2.43. The Bertz CT molecular complexity index is 371. The lowest BCUT2D eigenvalue weighted by Crippen LogP contribution is -2.35. The van der Waals surface area contributed by atoms with Crippen molar-refractivity contribution in [1.29, 1.82) is 0 Å². The molecule has 3 nitrogen and oxygen atoms in total. The summed E-state index contributed by atoms with van der Waals surface area (Å²) in [6.07, 6.45) is 2.52. The number of hydrogen-bond donors (Lipinski definition) is 1. The third-order valence-corrected chi connectivity index (χ3v) is 2.57. The number of amides is 1. The van der Waals surface area contributed by atoms with E-state index < -0.39 is 0 Å². The van der Waals surface area contributed by atoms with E-state index >= 15 is 0 Å². The van der Waals surface area contributed by atoms with E-state index in [0.29, 0.717) is 0 Å². The standard InChI is InChI=1S/C15H22NO2/c1-11(2)9-15(17)16-12(3)10-13-5-7-14(18-4)8-6-13/h5-9,11-12H,10H2,1-4H3,(H,16,17). The predicted molar refractivity (Wildman–Crippen MR) is 73.4 cm³/mol. The van der Waals surface area contributed by atoms with E-state index in [1.807, 2.05) is 45.0 Å². The number of hydrogen-bond acceptors (Lipinski definition) is 2. The summed E-state index contributed by atoms with van der Waals surface area (Å²) in [6.45, 7) is 6.00. The van der Waals surface area contributed by atoms with Gasteiger partial charge in [-0.3, -0.25) is 4.79 Å². The first-order valence-electron chi connectivity index (χ1n) is 6.29. The van der Waals surface area contributed by atoms with E-state index in [1.54, 1.807) is 13.5 Å². The second kappa shape index (κ2) is 7.04. The van der Waals surface area contributed by atoms with Crippen LogP contribution in [0.15, 0.2) is 24.3 Å². The third-order valence-electron chi connectivity index (χ3n) is 2.57. The Hall–Kier alpha value is -1.51. The predicted octanol–water partition coefficient (Wildman–Crippen LogP) is 2.60. The van der Waals surface area contributed by atoms with Gasteiger partial charge in [-0.05, 0) is 37.0 Å². The molecule has 1 N–H and O–H groups in total. The summed E-state index contributed by atoms with van der Waals surface area (Å²) in [5.41, 5.74) is 1.19. The van der Waals surface area contributed by atoms with Crippen molar-refractivity contribution in [2.75, 3.05) is 7.11 Å². The van der Waals surface area contributed by atoms with E-state index in [0.717, 1.165) is 12.2 Å². The average Bonchev–Trinajstić information content (AvgIpc) is 2.28. The van der Waals surface area contributed by atoms with Crippen LogP contribution in [0.4, 0.5) is 0 Å².